The summed E-state index contributed by atoms with van der Waals surface area (Å²) in [6, 6.07) is 10.6. The Morgan fingerprint density at radius 2 is 1.61 bits per heavy atom. The molecule has 0 heterocycles. The molecule has 33 heavy (non-hydrogen) atoms. The molecule has 0 aliphatic rings. The number of hydrogen-bond donors (Lipinski definition) is 2. The highest BCUT2D eigenvalue weighted by Gasteiger charge is 2.27. The number of halogens is 1. The third-order valence-corrected chi connectivity index (χ3v) is 6.83. The molecule has 0 aliphatic carbocycles. The Labute approximate surface area is 206 Å². The number of sulfonamides is 1. The molecule has 1 atom stereocenters. The minimum absolute atomic E-state index is 0.0582. The maximum absolute atomic E-state index is 12.8. The van der Waals surface area contributed by atoms with Crippen molar-refractivity contribution in [1.82, 2.24) is 4.72 Å². The van der Waals surface area contributed by atoms with Crippen LogP contribution in [0.4, 0.5) is 5.69 Å². The number of anilines is 1. The van der Waals surface area contributed by atoms with E-state index in [1.165, 1.54) is 24.3 Å². The molecule has 0 saturated heterocycles. The van der Waals surface area contributed by atoms with Crippen molar-refractivity contribution >= 4 is 60.3 Å². The van der Waals surface area contributed by atoms with Crippen molar-refractivity contribution in [3.63, 3.8) is 0 Å². The van der Waals surface area contributed by atoms with Crippen LogP contribution in [0.25, 0.3) is 0 Å². The molecule has 1 amide bonds. The van der Waals surface area contributed by atoms with Crippen LogP contribution in [0.5, 0.6) is 0 Å². The molecule has 0 bridgehead atoms. The summed E-state index contributed by atoms with van der Waals surface area (Å²) in [7, 11) is -8.08. The monoisotopic (exact) mass is 610 g/mol. The van der Waals surface area contributed by atoms with Crippen LogP contribution < -0.4 is 10.0 Å². The second-order valence-corrected chi connectivity index (χ2v) is 11.4. The molecule has 0 aromatic heterocycles. The number of nitrogens with one attached hydrogen (secondary N) is 2. The highest BCUT2D eigenvalue weighted by atomic mass is 127. The van der Waals surface area contributed by atoms with Gasteiger partial charge in [0.2, 0.25) is 15.9 Å². The Hall–Kier alpha value is -2.07. The van der Waals surface area contributed by atoms with Crippen molar-refractivity contribution in [2.24, 2.45) is 0 Å². The zero-order valence-electron chi connectivity index (χ0n) is 17.8. The summed E-state index contributed by atoms with van der Waals surface area (Å²) >= 11 is 2.02. The standard InChI is InChI=1S/C20H23IN2O8S2/c1-3-30-19(24)12-14-4-8-16(9-5-14)22-20(25)18(13-31-32(2,26)27)23-33(28,29)17-10-6-15(21)7-11-17/h4-11,18,23H,3,12-13H2,1-2H3,(H,22,25). The summed E-state index contributed by atoms with van der Waals surface area (Å²) in [6.07, 6.45) is 0.848. The van der Waals surface area contributed by atoms with Crippen LogP contribution in [0, 0.1) is 3.57 Å². The van der Waals surface area contributed by atoms with Crippen molar-refractivity contribution in [3.05, 3.63) is 57.7 Å². The summed E-state index contributed by atoms with van der Waals surface area (Å²) in [4.78, 5) is 24.2. The van der Waals surface area contributed by atoms with E-state index in [1.807, 2.05) is 22.6 Å². The SMILES string of the molecule is CCOC(=O)Cc1ccc(NC(=O)C(COS(C)(=O)=O)NS(=O)(=O)c2ccc(I)cc2)cc1. The Kier molecular flexibility index (Phi) is 9.78. The zero-order valence-corrected chi connectivity index (χ0v) is 21.6. The van der Waals surface area contributed by atoms with E-state index >= 15 is 0 Å². The lowest BCUT2D eigenvalue weighted by Crippen LogP contribution is -2.47. The minimum atomic E-state index is -4.15. The molecule has 13 heteroatoms. The number of ether oxygens (including phenoxy) is 1. The number of carbonyl (C=O) groups is 2. The quantitative estimate of drug-likeness (QED) is 0.222. The van der Waals surface area contributed by atoms with Crippen LogP contribution in [0.15, 0.2) is 53.4 Å². The summed E-state index contributed by atoms with van der Waals surface area (Å²) < 4.78 is 60.7. The van der Waals surface area contributed by atoms with Crippen molar-refractivity contribution in [2.75, 3.05) is 24.8 Å². The topological polar surface area (TPSA) is 145 Å². The van der Waals surface area contributed by atoms with Gasteiger partial charge in [0.25, 0.3) is 10.1 Å². The number of carbonyl (C=O) groups excluding carboxylic acids is 2. The minimum Gasteiger partial charge on any atom is -0.466 e. The van der Waals surface area contributed by atoms with Gasteiger partial charge in [-0.3, -0.25) is 13.8 Å². The Morgan fingerprint density at radius 3 is 2.15 bits per heavy atom. The van der Waals surface area contributed by atoms with Gasteiger partial charge in [-0.15, -0.1) is 0 Å². The number of benzene rings is 2. The van der Waals surface area contributed by atoms with E-state index in [0.29, 0.717) is 11.3 Å². The highest BCUT2D eigenvalue weighted by Crippen LogP contribution is 2.15. The van der Waals surface area contributed by atoms with Crippen LogP contribution in [0.2, 0.25) is 0 Å². The summed E-state index contributed by atoms with van der Waals surface area (Å²) in [5.74, 6) is -1.22. The second-order valence-electron chi connectivity index (χ2n) is 6.78. The molecular formula is C20H23IN2O8S2. The molecule has 0 spiro atoms. The number of hydrogen-bond acceptors (Lipinski definition) is 8. The smallest absolute Gasteiger partial charge is 0.310 e. The summed E-state index contributed by atoms with van der Waals surface area (Å²) in [5.41, 5.74) is 0.966. The zero-order chi connectivity index (χ0) is 24.6. The first-order chi connectivity index (χ1) is 15.4. The van der Waals surface area contributed by atoms with Gasteiger partial charge in [0.15, 0.2) is 0 Å². The van der Waals surface area contributed by atoms with E-state index in [4.69, 9.17) is 4.74 Å². The predicted octanol–water partition coefficient (Wildman–Crippen LogP) is 1.66. The van der Waals surface area contributed by atoms with Gasteiger partial charge in [-0.1, -0.05) is 12.1 Å². The molecule has 0 aliphatic heterocycles. The first-order valence-corrected chi connectivity index (χ1v) is 13.9. The van der Waals surface area contributed by atoms with Gasteiger partial charge in [0, 0.05) is 9.26 Å². The molecule has 0 fully saturated rings. The van der Waals surface area contributed by atoms with Crippen molar-refractivity contribution in [1.29, 1.82) is 0 Å². The molecule has 2 N–H and O–H groups in total. The van der Waals surface area contributed by atoms with Crippen LogP contribution in [0.1, 0.15) is 12.5 Å². The van der Waals surface area contributed by atoms with E-state index in [0.717, 1.165) is 9.83 Å². The van der Waals surface area contributed by atoms with Crippen molar-refractivity contribution in [2.45, 2.75) is 24.3 Å². The lowest BCUT2D eigenvalue weighted by molar-refractivity contribution is -0.142. The third kappa shape index (κ3) is 9.37. The molecule has 2 rings (SSSR count). The van der Waals surface area contributed by atoms with E-state index in [9.17, 15) is 26.4 Å². The summed E-state index contributed by atoms with van der Waals surface area (Å²) in [5, 5.41) is 2.51. The summed E-state index contributed by atoms with van der Waals surface area (Å²) in [6.45, 7) is 1.23. The van der Waals surface area contributed by atoms with E-state index in [-0.39, 0.29) is 17.9 Å². The molecule has 1 unspecified atom stereocenters. The fourth-order valence-electron chi connectivity index (χ4n) is 2.54. The largest absolute Gasteiger partial charge is 0.466 e. The van der Waals surface area contributed by atoms with Crippen molar-refractivity contribution < 1.29 is 35.3 Å². The van der Waals surface area contributed by atoms with E-state index in [2.05, 4.69) is 14.2 Å². The fourth-order valence-corrected chi connectivity index (χ4v) is 4.46. The number of amides is 1. The molecule has 180 valence electrons. The average molecular weight is 610 g/mol. The van der Waals surface area contributed by atoms with Crippen molar-refractivity contribution in [3.8, 4) is 0 Å². The molecule has 2 aromatic carbocycles. The molecule has 2 aromatic rings. The van der Waals surface area contributed by atoms with Gasteiger partial charge in [-0.2, -0.15) is 13.1 Å². The van der Waals surface area contributed by atoms with Crippen LogP contribution >= 0.6 is 22.6 Å². The van der Waals surface area contributed by atoms with E-state index in [1.54, 1.807) is 31.2 Å². The van der Waals surface area contributed by atoms with Gasteiger partial charge in [0.05, 0.1) is 30.8 Å². The van der Waals surface area contributed by atoms with Gasteiger partial charge >= 0.3 is 5.97 Å². The second kappa shape index (κ2) is 11.9. The van der Waals surface area contributed by atoms with Crippen LogP contribution in [0.3, 0.4) is 0 Å². The maximum Gasteiger partial charge on any atom is 0.310 e. The molecule has 0 radical (unpaired) electrons. The van der Waals surface area contributed by atoms with Crippen LogP contribution in [-0.2, 0) is 45.1 Å². The fraction of sp³-hybridized carbons (Fsp3) is 0.300. The molecular weight excluding hydrogens is 587 g/mol. The van der Waals surface area contributed by atoms with E-state index < -0.39 is 44.7 Å². The average Bonchev–Trinajstić information content (AvgIpc) is 2.72. The lowest BCUT2D eigenvalue weighted by Gasteiger charge is -2.18. The molecule has 0 saturated carbocycles. The Balaban J connectivity index is 2.16. The maximum atomic E-state index is 12.8. The van der Waals surface area contributed by atoms with Gasteiger partial charge < -0.3 is 10.1 Å². The number of rotatable bonds is 11. The highest BCUT2D eigenvalue weighted by molar-refractivity contribution is 14.1. The predicted molar refractivity (Wildman–Crippen MR) is 129 cm³/mol. The van der Waals surface area contributed by atoms with Gasteiger partial charge in [-0.05, 0) is 71.5 Å². The van der Waals surface area contributed by atoms with Gasteiger partial charge in [-0.25, -0.2) is 8.42 Å². The Bertz CT molecular complexity index is 1180. The normalized spacial score (nSPS) is 12.7. The lowest BCUT2D eigenvalue weighted by atomic mass is 10.1. The first-order valence-electron chi connectivity index (χ1n) is 9.57. The molecule has 10 nitrogen and oxygen atoms in total. The first kappa shape index (κ1) is 27.2. The van der Waals surface area contributed by atoms with Gasteiger partial charge in [0.1, 0.15) is 6.04 Å². The van der Waals surface area contributed by atoms with Crippen LogP contribution in [-0.4, -0.2) is 54.2 Å². The number of esters is 1. The Morgan fingerprint density at radius 1 is 1.00 bits per heavy atom. The third-order valence-electron chi connectivity index (χ3n) is 4.06.